The minimum absolute atomic E-state index is 0.425. The third kappa shape index (κ3) is 3.94. The minimum Gasteiger partial charge on any atom is -0.329 e. The highest BCUT2D eigenvalue weighted by Gasteiger charge is 2.29. The van der Waals surface area contributed by atoms with Gasteiger partial charge in [-0.05, 0) is 56.6 Å². The molecule has 0 aromatic heterocycles. The first-order chi connectivity index (χ1) is 11.2. The summed E-state index contributed by atoms with van der Waals surface area (Å²) in [4.78, 5) is 7.62. The van der Waals surface area contributed by atoms with E-state index in [9.17, 15) is 0 Å². The van der Waals surface area contributed by atoms with Crippen LogP contribution in [0.15, 0.2) is 18.2 Å². The lowest BCUT2D eigenvalue weighted by Gasteiger charge is -2.32. The Morgan fingerprint density at radius 3 is 2.57 bits per heavy atom. The van der Waals surface area contributed by atoms with Crippen molar-refractivity contribution in [3.05, 3.63) is 34.9 Å². The smallest absolute Gasteiger partial charge is 0.0477 e. The molecule has 2 aliphatic rings. The fourth-order valence-electron chi connectivity index (χ4n) is 4.00. The van der Waals surface area contributed by atoms with E-state index in [-0.39, 0.29) is 0 Å². The Labute approximate surface area is 141 Å². The molecule has 0 spiro atoms. The van der Waals surface area contributed by atoms with E-state index in [1.165, 1.54) is 68.8 Å². The first kappa shape index (κ1) is 16.9. The van der Waals surface area contributed by atoms with Crippen LogP contribution in [-0.2, 0) is 6.54 Å². The fraction of sp³-hybridized carbons (Fsp3) is 0.684. The average molecular weight is 316 g/mol. The highest BCUT2D eigenvalue weighted by molar-refractivity contribution is 5.40. The molecule has 0 aliphatic carbocycles. The molecule has 1 fully saturated rings. The molecule has 0 amide bonds. The fourth-order valence-corrected chi connectivity index (χ4v) is 4.00. The average Bonchev–Trinajstić information content (AvgIpc) is 2.92. The lowest BCUT2D eigenvalue weighted by molar-refractivity contribution is 0.148. The van der Waals surface area contributed by atoms with Gasteiger partial charge in [0.25, 0.3) is 0 Å². The number of fused-ring (bicyclic) bond motifs is 1. The summed E-state index contributed by atoms with van der Waals surface area (Å²) in [6.07, 6.45) is 2.57. The van der Waals surface area contributed by atoms with Crippen LogP contribution in [0, 0.1) is 6.92 Å². The zero-order chi connectivity index (χ0) is 16.2. The summed E-state index contributed by atoms with van der Waals surface area (Å²) in [6, 6.07) is 7.09. The number of benzene rings is 1. The number of likely N-dealkylation sites (N-methyl/N-ethyl adjacent to an activating group) is 1. The Hall–Kier alpha value is -0.940. The summed E-state index contributed by atoms with van der Waals surface area (Å²) >= 11 is 0. The molecule has 1 unspecified atom stereocenters. The lowest BCUT2D eigenvalue weighted by Crippen LogP contribution is -2.44. The maximum Gasteiger partial charge on any atom is 0.0477 e. The number of hydrogen-bond donors (Lipinski definition) is 1. The van der Waals surface area contributed by atoms with E-state index in [0.717, 1.165) is 13.1 Å². The lowest BCUT2D eigenvalue weighted by atomic mass is 10.0. The van der Waals surface area contributed by atoms with Crippen LogP contribution in [0.3, 0.4) is 0 Å². The number of nitrogens with zero attached hydrogens (tertiary/aromatic N) is 3. The first-order valence-electron chi connectivity index (χ1n) is 9.12. The molecule has 0 saturated carbocycles. The Morgan fingerprint density at radius 2 is 1.83 bits per heavy atom. The van der Waals surface area contributed by atoms with E-state index in [4.69, 9.17) is 5.73 Å². The second-order valence-corrected chi connectivity index (χ2v) is 7.22. The summed E-state index contributed by atoms with van der Waals surface area (Å²) in [7, 11) is 2.22. The van der Waals surface area contributed by atoms with Gasteiger partial charge in [0.05, 0.1) is 0 Å². The van der Waals surface area contributed by atoms with Gasteiger partial charge in [-0.2, -0.15) is 0 Å². The van der Waals surface area contributed by atoms with Crippen molar-refractivity contribution in [2.75, 3.05) is 52.9 Å². The van der Waals surface area contributed by atoms with Crippen LogP contribution in [-0.4, -0.2) is 67.6 Å². The van der Waals surface area contributed by atoms with E-state index >= 15 is 0 Å². The van der Waals surface area contributed by atoms with Gasteiger partial charge < -0.3 is 15.5 Å². The topological polar surface area (TPSA) is 35.7 Å². The summed E-state index contributed by atoms with van der Waals surface area (Å²) in [5.74, 6) is 0. The van der Waals surface area contributed by atoms with E-state index in [1.807, 2.05) is 0 Å². The van der Waals surface area contributed by atoms with Crippen LogP contribution in [0.4, 0.5) is 0 Å². The molecule has 0 radical (unpaired) electrons. The second-order valence-electron chi connectivity index (χ2n) is 7.22. The highest BCUT2D eigenvalue weighted by Crippen LogP contribution is 2.34. The normalized spacial score (nSPS) is 23.3. The van der Waals surface area contributed by atoms with E-state index in [1.54, 1.807) is 0 Å². The maximum atomic E-state index is 6.07. The van der Waals surface area contributed by atoms with E-state index < -0.39 is 0 Å². The predicted molar refractivity (Wildman–Crippen MR) is 96.6 cm³/mol. The van der Waals surface area contributed by atoms with Crippen LogP contribution < -0.4 is 5.73 Å². The molecule has 2 heterocycles. The molecule has 1 atom stereocenters. The van der Waals surface area contributed by atoms with Gasteiger partial charge in [0, 0.05) is 45.3 Å². The Bertz CT molecular complexity index is 508. The Kier molecular flexibility index (Phi) is 5.70. The number of aryl methyl sites for hydroxylation is 1. The Balaban J connectivity index is 1.45. The SMILES string of the molecule is Cc1cccc2c1CN(CCCCN1CCN(C)CC1)C2CN. The highest BCUT2D eigenvalue weighted by atomic mass is 15.2. The van der Waals surface area contributed by atoms with Crippen LogP contribution in [0.5, 0.6) is 0 Å². The van der Waals surface area contributed by atoms with Gasteiger partial charge in [-0.3, -0.25) is 4.90 Å². The number of rotatable bonds is 6. The molecule has 1 saturated heterocycles. The van der Waals surface area contributed by atoms with Crippen molar-refractivity contribution in [2.24, 2.45) is 5.73 Å². The van der Waals surface area contributed by atoms with Gasteiger partial charge in [-0.25, -0.2) is 0 Å². The van der Waals surface area contributed by atoms with Crippen molar-refractivity contribution in [2.45, 2.75) is 32.4 Å². The predicted octanol–water partition coefficient (Wildman–Crippen LogP) is 1.84. The van der Waals surface area contributed by atoms with Crippen LogP contribution in [0.2, 0.25) is 0 Å². The molecule has 3 rings (SSSR count). The van der Waals surface area contributed by atoms with Crippen LogP contribution in [0.25, 0.3) is 0 Å². The maximum absolute atomic E-state index is 6.07. The molecular formula is C19H32N4. The standard InChI is InChI=1S/C19H32N4/c1-16-6-5-7-17-18(16)15-23(19(17)14-20)9-4-3-8-22-12-10-21(2)11-13-22/h5-7,19H,3-4,8-15,20H2,1-2H3. The van der Waals surface area contributed by atoms with Crippen LogP contribution in [0.1, 0.15) is 35.6 Å². The zero-order valence-electron chi connectivity index (χ0n) is 14.8. The molecule has 1 aromatic rings. The summed E-state index contributed by atoms with van der Waals surface area (Å²) < 4.78 is 0. The third-order valence-corrected chi connectivity index (χ3v) is 5.60. The van der Waals surface area contributed by atoms with Gasteiger partial charge in [-0.1, -0.05) is 18.2 Å². The van der Waals surface area contributed by atoms with Crippen LogP contribution >= 0.6 is 0 Å². The molecule has 2 aliphatic heterocycles. The number of unbranched alkanes of at least 4 members (excludes halogenated alkanes) is 1. The molecule has 128 valence electrons. The van der Waals surface area contributed by atoms with Gasteiger partial charge in [0.1, 0.15) is 0 Å². The van der Waals surface area contributed by atoms with Crippen molar-refractivity contribution in [3.63, 3.8) is 0 Å². The molecule has 0 bridgehead atoms. The summed E-state index contributed by atoms with van der Waals surface area (Å²) in [5, 5.41) is 0. The molecule has 4 nitrogen and oxygen atoms in total. The number of piperazine rings is 1. The number of hydrogen-bond acceptors (Lipinski definition) is 4. The molecule has 1 aromatic carbocycles. The van der Waals surface area contributed by atoms with Crippen molar-refractivity contribution < 1.29 is 0 Å². The first-order valence-corrected chi connectivity index (χ1v) is 9.12. The quantitative estimate of drug-likeness (QED) is 0.813. The summed E-state index contributed by atoms with van der Waals surface area (Å²) in [5.41, 5.74) is 10.5. The Morgan fingerprint density at radius 1 is 1.09 bits per heavy atom. The largest absolute Gasteiger partial charge is 0.329 e. The minimum atomic E-state index is 0.425. The van der Waals surface area contributed by atoms with Gasteiger partial charge >= 0.3 is 0 Å². The van der Waals surface area contributed by atoms with Gasteiger partial charge in [-0.15, -0.1) is 0 Å². The molecular weight excluding hydrogens is 284 g/mol. The summed E-state index contributed by atoms with van der Waals surface area (Å²) in [6.45, 7) is 11.4. The third-order valence-electron chi connectivity index (χ3n) is 5.60. The number of nitrogens with two attached hydrogens (primary N) is 1. The van der Waals surface area contributed by atoms with E-state index in [0.29, 0.717) is 6.04 Å². The van der Waals surface area contributed by atoms with Crippen molar-refractivity contribution in [1.29, 1.82) is 0 Å². The molecule has 2 N–H and O–H groups in total. The molecule has 4 heteroatoms. The second kappa shape index (κ2) is 7.75. The van der Waals surface area contributed by atoms with E-state index in [2.05, 4.69) is 46.9 Å². The van der Waals surface area contributed by atoms with Crippen molar-refractivity contribution >= 4 is 0 Å². The van der Waals surface area contributed by atoms with Crippen molar-refractivity contribution in [3.8, 4) is 0 Å². The monoisotopic (exact) mass is 316 g/mol. The van der Waals surface area contributed by atoms with Crippen molar-refractivity contribution in [1.82, 2.24) is 14.7 Å². The zero-order valence-corrected chi connectivity index (χ0v) is 14.8. The van der Waals surface area contributed by atoms with Gasteiger partial charge in [0.2, 0.25) is 0 Å². The molecule has 23 heavy (non-hydrogen) atoms. The van der Waals surface area contributed by atoms with Gasteiger partial charge in [0.15, 0.2) is 0 Å².